The van der Waals surface area contributed by atoms with Crippen molar-refractivity contribution in [3.63, 3.8) is 0 Å². The molecule has 0 radical (unpaired) electrons. The Morgan fingerprint density at radius 1 is 1.53 bits per heavy atom. The Morgan fingerprint density at radius 3 is 2.79 bits per heavy atom. The molecule has 0 atom stereocenters. The first-order chi connectivity index (χ1) is 8.95. The number of amides is 1. The Labute approximate surface area is 124 Å². The van der Waals surface area contributed by atoms with Crippen LogP contribution >= 0.6 is 24.2 Å². The molecule has 1 aromatic rings. The summed E-state index contributed by atoms with van der Waals surface area (Å²) in [5.74, 6) is 0.186. The average Bonchev–Trinajstić information content (AvgIpc) is 2.36. The fourth-order valence-corrected chi connectivity index (χ4v) is 2.15. The van der Waals surface area contributed by atoms with Crippen LogP contribution in [0.5, 0.6) is 0 Å². The van der Waals surface area contributed by atoms with E-state index in [-0.39, 0.29) is 5.91 Å². The van der Waals surface area contributed by atoms with Crippen molar-refractivity contribution in [2.24, 2.45) is 5.92 Å². The lowest BCUT2D eigenvalue weighted by Gasteiger charge is -2.24. The van der Waals surface area contributed by atoms with E-state index in [1.54, 1.807) is 23.1 Å². The molecule has 3 nitrogen and oxygen atoms in total. The Balaban J connectivity index is 2.97. The first-order valence-corrected chi connectivity index (χ1v) is 6.93. The molecule has 0 aliphatic heterocycles. The van der Waals surface area contributed by atoms with Crippen molar-refractivity contribution in [1.82, 2.24) is 4.90 Å². The van der Waals surface area contributed by atoms with Gasteiger partial charge in [0.1, 0.15) is 0 Å². The number of rotatable bonds is 5. The maximum Gasteiger partial charge on any atom is 0.255 e. The standard InChI is InChI=1S/C14H17ClN2OS/c1-10(2)9-17(7-3-6-16)14(18)12-8-11(19)4-5-13(12)15/h4-5,8,10,19H,3,7,9H2,1-2H3. The van der Waals surface area contributed by atoms with Gasteiger partial charge in [0.25, 0.3) is 5.91 Å². The number of nitriles is 1. The number of benzene rings is 1. The average molecular weight is 297 g/mol. The van der Waals surface area contributed by atoms with E-state index in [0.717, 1.165) is 0 Å². The zero-order valence-electron chi connectivity index (χ0n) is 11.1. The lowest BCUT2D eigenvalue weighted by Crippen LogP contribution is -2.35. The molecular weight excluding hydrogens is 280 g/mol. The summed E-state index contributed by atoms with van der Waals surface area (Å²) in [7, 11) is 0. The molecule has 0 unspecified atom stereocenters. The van der Waals surface area contributed by atoms with Crippen molar-refractivity contribution >= 4 is 30.1 Å². The second-order valence-corrected chi connectivity index (χ2v) is 5.64. The first kappa shape index (κ1) is 15.9. The van der Waals surface area contributed by atoms with E-state index in [1.807, 2.05) is 13.8 Å². The number of hydrogen-bond acceptors (Lipinski definition) is 3. The number of nitrogens with zero attached hydrogens (tertiary/aromatic N) is 2. The van der Waals surface area contributed by atoms with Gasteiger partial charge in [0, 0.05) is 18.0 Å². The monoisotopic (exact) mass is 296 g/mol. The molecule has 0 aliphatic carbocycles. The van der Waals surface area contributed by atoms with Gasteiger partial charge in [-0.2, -0.15) is 5.26 Å². The molecule has 0 fully saturated rings. The quantitative estimate of drug-likeness (QED) is 0.843. The van der Waals surface area contributed by atoms with Crippen molar-refractivity contribution in [1.29, 1.82) is 5.26 Å². The molecule has 0 bridgehead atoms. The largest absolute Gasteiger partial charge is 0.337 e. The summed E-state index contributed by atoms with van der Waals surface area (Å²) in [6, 6.07) is 7.12. The normalized spacial score (nSPS) is 10.3. The Morgan fingerprint density at radius 2 is 2.21 bits per heavy atom. The molecule has 0 aliphatic rings. The number of carbonyl (C=O) groups is 1. The number of thiol groups is 1. The van der Waals surface area contributed by atoms with Crippen LogP contribution in [0.4, 0.5) is 0 Å². The van der Waals surface area contributed by atoms with E-state index in [2.05, 4.69) is 18.7 Å². The summed E-state index contributed by atoms with van der Waals surface area (Å²) < 4.78 is 0. The van der Waals surface area contributed by atoms with Crippen LogP contribution in [-0.4, -0.2) is 23.9 Å². The molecule has 0 saturated heterocycles. The van der Waals surface area contributed by atoms with Crippen molar-refractivity contribution in [2.45, 2.75) is 25.2 Å². The molecule has 0 spiro atoms. The van der Waals surface area contributed by atoms with Gasteiger partial charge in [-0.15, -0.1) is 12.6 Å². The highest BCUT2D eigenvalue weighted by Crippen LogP contribution is 2.21. The smallest absolute Gasteiger partial charge is 0.255 e. The van der Waals surface area contributed by atoms with E-state index in [1.165, 1.54) is 0 Å². The highest BCUT2D eigenvalue weighted by molar-refractivity contribution is 7.80. The van der Waals surface area contributed by atoms with E-state index in [0.29, 0.717) is 40.9 Å². The minimum absolute atomic E-state index is 0.148. The fraction of sp³-hybridized carbons (Fsp3) is 0.429. The fourth-order valence-electron chi connectivity index (χ4n) is 1.75. The second kappa shape index (κ2) is 7.42. The van der Waals surface area contributed by atoms with Gasteiger partial charge in [-0.05, 0) is 24.1 Å². The van der Waals surface area contributed by atoms with Gasteiger partial charge < -0.3 is 4.90 Å². The zero-order valence-corrected chi connectivity index (χ0v) is 12.7. The van der Waals surface area contributed by atoms with Gasteiger partial charge in [-0.1, -0.05) is 25.4 Å². The lowest BCUT2D eigenvalue weighted by molar-refractivity contribution is 0.0740. The van der Waals surface area contributed by atoms with Crippen LogP contribution < -0.4 is 0 Å². The Kier molecular flexibility index (Phi) is 6.20. The SMILES string of the molecule is CC(C)CN(CCC#N)C(=O)c1cc(S)ccc1Cl. The summed E-state index contributed by atoms with van der Waals surface area (Å²) in [6.07, 6.45) is 0.316. The summed E-state index contributed by atoms with van der Waals surface area (Å²) in [5.41, 5.74) is 0.438. The molecule has 0 N–H and O–H groups in total. The van der Waals surface area contributed by atoms with Crippen molar-refractivity contribution in [3.8, 4) is 6.07 Å². The van der Waals surface area contributed by atoms with E-state index in [9.17, 15) is 4.79 Å². The van der Waals surface area contributed by atoms with Gasteiger partial charge in [0.15, 0.2) is 0 Å². The van der Waals surface area contributed by atoms with Gasteiger partial charge in [0.05, 0.1) is 23.1 Å². The highest BCUT2D eigenvalue weighted by Gasteiger charge is 2.19. The predicted octanol–water partition coefficient (Wildman–Crippen LogP) is 3.64. The van der Waals surface area contributed by atoms with Gasteiger partial charge in [-0.3, -0.25) is 4.79 Å². The third-order valence-electron chi connectivity index (χ3n) is 2.55. The number of hydrogen-bond donors (Lipinski definition) is 1. The molecule has 1 rings (SSSR count). The molecule has 1 amide bonds. The highest BCUT2D eigenvalue weighted by atomic mass is 35.5. The van der Waals surface area contributed by atoms with Gasteiger partial charge in [0.2, 0.25) is 0 Å². The molecule has 1 aromatic carbocycles. The zero-order chi connectivity index (χ0) is 14.4. The van der Waals surface area contributed by atoms with Crippen LogP contribution in [0.2, 0.25) is 5.02 Å². The summed E-state index contributed by atoms with van der Waals surface area (Å²) in [4.78, 5) is 14.8. The maximum absolute atomic E-state index is 12.5. The van der Waals surface area contributed by atoms with Crippen LogP contribution in [0.1, 0.15) is 30.6 Å². The molecule has 0 heterocycles. The third-order valence-corrected chi connectivity index (χ3v) is 3.15. The van der Waals surface area contributed by atoms with Crippen LogP contribution in [0, 0.1) is 17.2 Å². The summed E-state index contributed by atoms with van der Waals surface area (Å²) in [6.45, 7) is 5.08. The second-order valence-electron chi connectivity index (χ2n) is 4.72. The minimum Gasteiger partial charge on any atom is -0.337 e. The Bertz CT molecular complexity index is 497. The van der Waals surface area contributed by atoms with Gasteiger partial charge >= 0.3 is 0 Å². The minimum atomic E-state index is -0.148. The van der Waals surface area contributed by atoms with Crippen LogP contribution in [0.3, 0.4) is 0 Å². The van der Waals surface area contributed by atoms with E-state index < -0.39 is 0 Å². The van der Waals surface area contributed by atoms with Crippen LogP contribution in [0.15, 0.2) is 23.1 Å². The summed E-state index contributed by atoms with van der Waals surface area (Å²) in [5, 5.41) is 9.08. The predicted molar refractivity (Wildman–Crippen MR) is 79.7 cm³/mol. The number of halogens is 1. The van der Waals surface area contributed by atoms with Crippen molar-refractivity contribution < 1.29 is 4.79 Å². The maximum atomic E-state index is 12.5. The van der Waals surface area contributed by atoms with Crippen LogP contribution in [0.25, 0.3) is 0 Å². The van der Waals surface area contributed by atoms with Crippen molar-refractivity contribution in [3.05, 3.63) is 28.8 Å². The Hall–Kier alpha value is -1.18. The number of carbonyl (C=O) groups excluding carboxylic acids is 1. The third kappa shape index (κ3) is 4.77. The lowest BCUT2D eigenvalue weighted by atomic mass is 10.1. The first-order valence-electron chi connectivity index (χ1n) is 6.10. The van der Waals surface area contributed by atoms with Crippen molar-refractivity contribution in [2.75, 3.05) is 13.1 Å². The molecule has 19 heavy (non-hydrogen) atoms. The molecule has 0 aromatic heterocycles. The van der Waals surface area contributed by atoms with E-state index in [4.69, 9.17) is 16.9 Å². The summed E-state index contributed by atoms with van der Waals surface area (Å²) >= 11 is 10.3. The van der Waals surface area contributed by atoms with E-state index >= 15 is 0 Å². The molecule has 5 heteroatoms. The topological polar surface area (TPSA) is 44.1 Å². The molecular formula is C14H17ClN2OS. The van der Waals surface area contributed by atoms with Gasteiger partial charge in [-0.25, -0.2) is 0 Å². The van der Waals surface area contributed by atoms with Crippen LogP contribution in [-0.2, 0) is 0 Å². The molecule has 102 valence electrons. The molecule has 0 saturated carbocycles.